The summed E-state index contributed by atoms with van der Waals surface area (Å²) >= 11 is 18.3. The minimum Gasteiger partial charge on any atom is -0.478 e. The quantitative estimate of drug-likeness (QED) is 0.509. The lowest BCUT2D eigenvalue weighted by atomic mass is 10.2. The summed E-state index contributed by atoms with van der Waals surface area (Å²) in [6, 6.07) is 9.00. The molecule has 0 N–H and O–H groups in total. The number of hydrogen-bond acceptors (Lipinski definition) is 2. The predicted octanol–water partition coefficient (Wildman–Crippen LogP) is 5.72. The van der Waals surface area contributed by atoms with Crippen molar-refractivity contribution in [2.75, 3.05) is 6.61 Å². The van der Waals surface area contributed by atoms with Crippen molar-refractivity contribution in [2.24, 2.45) is 4.99 Å². The first-order valence-electron chi connectivity index (χ1n) is 6.37. The van der Waals surface area contributed by atoms with Gasteiger partial charge in [-0.25, -0.2) is 0 Å². The maximum Gasteiger partial charge on any atom is 0.157 e. The van der Waals surface area contributed by atoms with E-state index < -0.39 is 0 Å². The Morgan fingerprint density at radius 3 is 2.41 bits per heavy atom. The van der Waals surface area contributed by atoms with Gasteiger partial charge in [-0.2, -0.15) is 0 Å². The van der Waals surface area contributed by atoms with Crippen molar-refractivity contribution >= 4 is 46.7 Å². The van der Waals surface area contributed by atoms with Crippen LogP contribution in [0.1, 0.15) is 11.1 Å². The molecule has 0 amide bonds. The van der Waals surface area contributed by atoms with Gasteiger partial charge < -0.3 is 4.74 Å². The predicted molar refractivity (Wildman–Crippen MR) is 94.2 cm³/mol. The molecule has 2 aromatic carbocycles. The van der Waals surface area contributed by atoms with Crippen molar-refractivity contribution in [2.45, 2.75) is 6.92 Å². The van der Waals surface area contributed by atoms with Crippen LogP contribution in [0.2, 0.25) is 15.1 Å². The van der Waals surface area contributed by atoms with Crippen molar-refractivity contribution in [3.63, 3.8) is 0 Å². The van der Waals surface area contributed by atoms with Crippen molar-refractivity contribution in [1.29, 1.82) is 0 Å². The molecule has 0 aliphatic heterocycles. The number of terminal acetylenes is 1. The third-order valence-electron chi connectivity index (χ3n) is 2.84. The second-order valence-corrected chi connectivity index (χ2v) is 5.72. The molecule has 0 atom stereocenters. The summed E-state index contributed by atoms with van der Waals surface area (Å²) in [6.07, 6.45) is 6.80. The van der Waals surface area contributed by atoms with E-state index in [9.17, 15) is 0 Å². The molecule has 0 aliphatic carbocycles. The van der Waals surface area contributed by atoms with Crippen LogP contribution in [0.3, 0.4) is 0 Å². The molecule has 0 fully saturated rings. The summed E-state index contributed by atoms with van der Waals surface area (Å²) in [5, 5.41) is 1.43. The van der Waals surface area contributed by atoms with Crippen LogP contribution in [0, 0.1) is 19.3 Å². The lowest BCUT2D eigenvalue weighted by Gasteiger charge is -2.08. The van der Waals surface area contributed by atoms with Gasteiger partial charge in [0.2, 0.25) is 0 Å². The number of halogens is 3. The van der Waals surface area contributed by atoms with Gasteiger partial charge in [-0.1, -0.05) is 46.8 Å². The molecule has 0 saturated heterocycles. The van der Waals surface area contributed by atoms with Gasteiger partial charge in [0, 0.05) is 11.2 Å². The van der Waals surface area contributed by atoms with Crippen molar-refractivity contribution in [3.8, 4) is 18.1 Å². The Hall–Kier alpha value is -1.66. The van der Waals surface area contributed by atoms with Crippen LogP contribution >= 0.6 is 34.8 Å². The van der Waals surface area contributed by atoms with E-state index in [2.05, 4.69) is 10.9 Å². The smallest absolute Gasteiger partial charge is 0.157 e. The summed E-state index contributed by atoms with van der Waals surface area (Å²) < 4.78 is 5.30. The number of aliphatic imine (C=N–C) groups is 1. The highest BCUT2D eigenvalue weighted by Crippen LogP contribution is 2.34. The Morgan fingerprint density at radius 2 is 1.82 bits per heavy atom. The molecule has 0 heterocycles. The van der Waals surface area contributed by atoms with E-state index in [-0.39, 0.29) is 6.61 Å². The Kier molecular flexibility index (Phi) is 5.74. The van der Waals surface area contributed by atoms with Crippen LogP contribution in [0.25, 0.3) is 0 Å². The van der Waals surface area contributed by atoms with Gasteiger partial charge in [0.25, 0.3) is 0 Å². The third kappa shape index (κ3) is 4.18. The second kappa shape index (κ2) is 7.56. The lowest BCUT2D eigenvalue weighted by Crippen LogP contribution is -1.96. The monoisotopic (exact) mass is 351 g/mol. The maximum absolute atomic E-state index is 6.14. The van der Waals surface area contributed by atoms with E-state index in [1.54, 1.807) is 24.4 Å². The van der Waals surface area contributed by atoms with Gasteiger partial charge in [0.1, 0.15) is 6.61 Å². The fourth-order valence-electron chi connectivity index (χ4n) is 1.72. The molecule has 2 aromatic rings. The standard InChI is InChI=1S/C17H12Cl3NO/c1-3-6-22-17-15(19)7-12(8-16(17)20)10-21-13-5-4-11(2)14(18)9-13/h1,4-5,7-10H,6H2,2H3. The first-order valence-corrected chi connectivity index (χ1v) is 7.50. The largest absolute Gasteiger partial charge is 0.478 e. The van der Waals surface area contributed by atoms with Gasteiger partial charge in [-0.3, -0.25) is 4.99 Å². The summed E-state index contributed by atoms with van der Waals surface area (Å²) in [5.41, 5.74) is 2.50. The van der Waals surface area contributed by atoms with Crippen molar-refractivity contribution in [3.05, 3.63) is 56.5 Å². The topological polar surface area (TPSA) is 21.6 Å². The Bertz CT molecular complexity index is 740. The zero-order valence-electron chi connectivity index (χ0n) is 11.7. The SMILES string of the molecule is C#CCOc1c(Cl)cc(C=Nc2ccc(C)c(Cl)c2)cc1Cl. The van der Waals surface area contributed by atoms with E-state index in [1.165, 1.54) is 0 Å². The highest BCUT2D eigenvalue weighted by atomic mass is 35.5. The lowest BCUT2D eigenvalue weighted by molar-refractivity contribution is 0.371. The van der Waals surface area contributed by atoms with Crippen LogP contribution in [0.15, 0.2) is 35.3 Å². The molecular weight excluding hydrogens is 341 g/mol. The molecule has 0 saturated carbocycles. The molecule has 2 nitrogen and oxygen atoms in total. The Balaban J connectivity index is 2.24. The van der Waals surface area contributed by atoms with Gasteiger partial charge >= 0.3 is 0 Å². The van der Waals surface area contributed by atoms with E-state index in [1.807, 2.05) is 19.1 Å². The summed E-state index contributed by atoms with van der Waals surface area (Å²) in [7, 11) is 0. The van der Waals surface area contributed by atoms with Crippen LogP contribution in [0.4, 0.5) is 5.69 Å². The molecule has 5 heteroatoms. The van der Waals surface area contributed by atoms with Crippen LogP contribution in [-0.4, -0.2) is 12.8 Å². The number of ether oxygens (including phenoxy) is 1. The zero-order valence-corrected chi connectivity index (χ0v) is 14.0. The minimum atomic E-state index is 0.106. The van der Waals surface area contributed by atoms with Gasteiger partial charge in [0.05, 0.1) is 15.7 Å². The average Bonchev–Trinajstić information content (AvgIpc) is 2.48. The van der Waals surface area contributed by atoms with E-state index in [0.29, 0.717) is 20.8 Å². The summed E-state index contributed by atoms with van der Waals surface area (Å²) in [4.78, 5) is 4.35. The zero-order chi connectivity index (χ0) is 16.1. The average molecular weight is 353 g/mol. The minimum absolute atomic E-state index is 0.106. The molecule has 0 aromatic heterocycles. The molecule has 0 bridgehead atoms. The summed E-state index contributed by atoms with van der Waals surface area (Å²) in [6.45, 7) is 2.04. The third-order valence-corrected chi connectivity index (χ3v) is 3.81. The number of hydrogen-bond donors (Lipinski definition) is 0. The van der Waals surface area contributed by atoms with E-state index >= 15 is 0 Å². The molecule has 2 rings (SSSR count). The Morgan fingerprint density at radius 1 is 1.14 bits per heavy atom. The van der Waals surface area contributed by atoms with Crippen LogP contribution < -0.4 is 4.74 Å². The van der Waals surface area contributed by atoms with Crippen molar-refractivity contribution < 1.29 is 4.74 Å². The van der Waals surface area contributed by atoms with Gasteiger partial charge in [0.15, 0.2) is 5.75 Å². The van der Waals surface area contributed by atoms with Gasteiger partial charge in [-0.15, -0.1) is 6.42 Å². The number of rotatable bonds is 4. The molecular formula is C17H12Cl3NO. The van der Waals surface area contributed by atoms with Crippen LogP contribution in [-0.2, 0) is 0 Å². The molecule has 112 valence electrons. The first-order chi connectivity index (χ1) is 10.5. The molecule has 22 heavy (non-hydrogen) atoms. The molecule has 0 spiro atoms. The number of benzene rings is 2. The fourth-order valence-corrected chi connectivity index (χ4v) is 2.50. The highest BCUT2D eigenvalue weighted by Gasteiger charge is 2.08. The van der Waals surface area contributed by atoms with Crippen LogP contribution in [0.5, 0.6) is 5.75 Å². The maximum atomic E-state index is 6.14. The summed E-state index contributed by atoms with van der Waals surface area (Å²) in [5.74, 6) is 2.74. The molecule has 0 unspecified atom stereocenters. The van der Waals surface area contributed by atoms with E-state index in [4.69, 9.17) is 46.0 Å². The first kappa shape index (κ1) is 16.7. The molecule has 0 radical (unpaired) electrons. The van der Waals surface area contributed by atoms with Gasteiger partial charge in [-0.05, 0) is 42.3 Å². The second-order valence-electron chi connectivity index (χ2n) is 4.50. The Labute approximate surface area is 144 Å². The normalized spacial score (nSPS) is 10.7. The fraction of sp³-hybridized carbons (Fsp3) is 0.118. The van der Waals surface area contributed by atoms with Crippen molar-refractivity contribution in [1.82, 2.24) is 0 Å². The number of aryl methyl sites for hydroxylation is 1. The molecule has 0 aliphatic rings. The highest BCUT2D eigenvalue weighted by molar-refractivity contribution is 6.37. The van der Waals surface area contributed by atoms with E-state index in [0.717, 1.165) is 16.8 Å². The number of nitrogens with zero attached hydrogens (tertiary/aromatic N) is 1.